The molecule has 0 bridgehead atoms. The molecule has 1 unspecified atom stereocenters. The van der Waals surface area contributed by atoms with Crippen molar-refractivity contribution in [2.75, 3.05) is 36.9 Å². The second kappa shape index (κ2) is 12.9. The molecule has 1 aliphatic heterocycles. The number of aryl methyl sites for hydroxylation is 2. The summed E-state index contributed by atoms with van der Waals surface area (Å²) in [7, 11) is -2.00. The lowest BCUT2D eigenvalue weighted by Crippen LogP contribution is -2.36. The van der Waals surface area contributed by atoms with E-state index in [9.17, 15) is 13.5 Å². The number of hydrogen-bond donors (Lipinski definition) is 3. The first-order valence-electron chi connectivity index (χ1n) is 13.9. The van der Waals surface area contributed by atoms with E-state index in [0.29, 0.717) is 23.9 Å². The van der Waals surface area contributed by atoms with Crippen molar-refractivity contribution in [3.63, 3.8) is 0 Å². The number of halogens is 1. The van der Waals surface area contributed by atoms with Crippen molar-refractivity contribution in [1.29, 1.82) is 0 Å². The molecular formula is C28H40ClN7O4S. The van der Waals surface area contributed by atoms with Gasteiger partial charge in [-0.25, -0.2) is 13.4 Å². The van der Waals surface area contributed by atoms with E-state index in [-0.39, 0.29) is 40.2 Å². The summed E-state index contributed by atoms with van der Waals surface area (Å²) in [5, 5.41) is 19.4. The number of benzene rings is 1. The summed E-state index contributed by atoms with van der Waals surface area (Å²) in [4.78, 5) is 11.2. The molecular weight excluding hydrogens is 566 g/mol. The third kappa shape index (κ3) is 7.29. The first kappa shape index (κ1) is 31.0. The Hall–Kier alpha value is -2.93. The van der Waals surface area contributed by atoms with Gasteiger partial charge in [0.25, 0.3) is 0 Å². The maximum absolute atomic E-state index is 12.9. The minimum Gasteiger partial charge on any atom is -0.489 e. The van der Waals surface area contributed by atoms with Gasteiger partial charge in [0.15, 0.2) is 5.82 Å². The van der Waals surface area contributed by atoms with Crippen LogP contribution in [0.3, 0.4) is 0 Å². The number of anilines is 4. The number of ether oxygens (including phenoxy) is 1. The molecule has 3 N–H and O–H groups in total. The highest BCUT2D eigenvalue weighted by atomic mass is 35.5. The monoisotopic (exact) mass is 605 g/mol. The Bertz CT molecular complexity index is 1470. The van der Waals surface area contributed by atoms with E-state index >= 15 is 0 Å². The van der Waals surface area contributed by atoms with Crippen LogP contribution in [0.1, 0.15) is 57.6 Å². The smallest absolute Gasteiger partial charge is 0.229 e. The van der Waals surface area contributed by atoms with Crippen molar-refractivity contribution in [3.05, 3.63) is 40.7 Å². The molecule has 13 heteroatoms. The van der Waals surface area contributed by atoms with E-state index in [1.54, 1.807) is 27.1 Å². The number of nitrogens with zero attached hydrogens (tertiary/aromatic N) is 5. The Morgan fingerprint density at radius 3 is 2.63 bits per heavy atom. The van der Waals surface area contributed by atoms with Gasteiger partial charge >= 0.3 is 0 Å². The molecule has 1 aliphatic rings. The predicted molar refractivity (Wildman–Crippen MR) is 162 cm³/mol. The molecule has 1 aromatic carbocycles. The van der Waals surface area contributed by atoms with Gasteiger partial charge in [-0.05, 0) is 83.2 Å². The molecule has 0 spiro atoms. The SMILES string of the molecule is Cc1cc(Nc2ncc(Cl)c(Nc3cn(C)nc3S(=O)(=O)C(C)C)n2)c(OC(C)C)cc1C1CCCN(CCO)C1. The van der Waals surface area contributed by atoms with E-state index in [2.05, 4.69) is 43.6 Å². The zero-order chi connectivity index (χ0) is 29.9. The lowest BCUT2D eigenvalue weighted by atomic mass is 9.87. The normalized spacial score (nSPS) is 16.4. The lowest BCUT2D eigenvalue weighted by Gasteiger charge is -2.33. The first-order chi connectivity index (χ1) is 19.4. The van der Waals surface area contributed by atoms with Gasteiger partial charge in [0.05, 0.1) is 35.5 Å². The fraction of sp³-hybridized carbons (Fsp3) is 0.536. The fourth-order valence-electron chi connectivity index (χ4n) is 5.00. The van der Waals surface area contributed by atoms with E-state index in [4.69, 9.17) is 16.3 Å². The number of β-amino-alcohol motifs (C(OH)–C–C–N with tert-alkyl or cyclic N) is 1. The van der Waals surface area contributed by atoms with Gasteiger partial charge in [-0.15, -0.1) is 0 Å². The zero-order valence-electron chi connectivity index (χ0n) is 24.5. The summed E-state index contributed by atoms with van der Waals surface area (Å²) >= 11 is 6.42. The van der Waals surface area contributed by atoms with Gasteiger partial charge in [-0.3, -0.25) is 4.68 Å². The number of nitrogens with one attached hydrogen (secondary N) is 2. The molecule has 3 heterocycles. The number of aliphatic hydroxyl groups excluding tert-OH is 1. The largest absolute Gasteiger partial charge is 0.489 e. The van der Waals surface area contributed by atoms with Crippen LogP contribution in [-0.4, -0.2) is 75.8 Å². The molecule has 1 saturated heterocycles. The highest BCUT2D eigenvalue weighted by molar-refractivity contribution is 7.92. The Labute approximate surface area is 247 Å². The maximum atomic E-state index is 12.9. The van der Waals surface area contributed by atoms with E-state index in [0.717, 1.165) is 31.5 Å². The second-order valence-corrected chi connectivity index (χ2v) is 13.8. The molecule has 1 fully saturated rings. The van der Waals surface area contributed by atoms with Crippen LogP contribution in [-0.2, 0) is 16.9 Å². The standard InChI is InChI=1S/C28H40ClN7O4S/c1-17(2)40-25-13-21(20-8-7-9-36(15-20)10-11-37)19(5)12-23(25)32-28-30-14-22(29)26(33-28)31-24-16-35(6)34-27(24)41(38,39)18(3)4/h12-14,16-18,20,37H,7-11,15H2,1-6H3,(H2,30,31,32,33). The summed E-state index contributed by atoms with van der Waals surface area (Å²) in [6, 6.07) is 4.14. The van der Waals surface area contributed by atoms with Crippen LogP contribution in [0.2, 0.25) is 5.02 Å². The van der Waals surface area contributed by atoms with Gasteiger partial charge in [0.2, 0.25) is 20.8 Å². The van der Waals surface area contributed by atoms with Crippen molar-refractivity contribution in [2.24, 2.45) is 7.05 Å². The average molecular weight is 606 g/mol. The van der Waals surface area contributed by atoms with Crippen LogP contribution >= 0.6 is 11.6 Å². The molecule has 41 heavy (non-hydrogen) atoms. The van der Waals surface area contributed by atoms with Crippen LogP contribution in [0.4, 0.5) is 23.1 Å². The first-order valence-corrected chi connectivity index (χ1v) is 15.8. The third-order valence-electron chi connectivity index (χ3n) is 7.02. The fourth-order valence-corrected chi connectivity index (χ4v) is 6.23. The summed E-state index contributed by atoms with van der Waals surface area (Å²) in [6.07, 6.45) is 5.13. The number of piperidine rings is 1. The summed E-state index contributed by atoms with van der Waals surface area (Å²) < 4.78 is 33.4. The molecule has 224 valence electrons. The summed E-state index contributed by atoms with van der Waals surface area (Å²) in [5.74, 6) is 1.53. The molecule has 0 amide bonds. The second-order valence-electron chi connectivity index (χ2n) is 11.0. The number of hydrogen-bond acceptors (Lipinski definition) is 10. The van der Waals surface area contributed by atoms with Crippen molar-refractivity contribution < 1.29 is 18.3 Å². The maximum Gasteiger partial charge on any atom is 0.229 e. The van der Waals surface area contributed by atoms with Crippen LogP contribution in [0, 0.1) is 6.92 Å². The molecule has 11 nitrogen and oxygen atoms in total. The van der Waals surface area contributed by atoms with Gasteiger partial charge in [-0.1, -0.05) is 11.6 Å². The Balaban J connectivity index is 1.64. The van der Waals surface area contributed by atoms with Crippen molar-refractivity contribution in [3.8, 4) is 5.75 Å². The van der Waals surface area contributed by atoms with Crippen LogP contribution < -0.4 is 15.4 Å². The Kier molecular flexibility index (Phi) is 9.78. The van der Waals surface area contributed by atoms with Gasteiger partial charge in [0.1, 0.15) is 10.8 Å². The molecule has 0 radical (unpaired) electrons. The lowest BCUT2D eigenvalue weighted by molar-refractivity contribution is 0.161. The third-order valence-corrected chi connectivity index (χ3v) is 9.38. The highest BCUT2D eigenvalue weighted by Crippen LogP contribution is 2.38. The van der Waals surface area contributed by atoms with E-state index < -0.39 is 15.1 Å². The number of aliphatic hydroxyl groups is 1. The van der Waals surface area contributed by atoms with Crippen molar-refractivity contribution in [2.45, 2.75) is 69.8 Å². The highest BCUT2D eigenvalue weighted by Gasteiger charge is 2.28. The van der Waals surface area contributed by atoms with Crippen molar-refractivity contribution in [1.82, 2.24) is 24.6 Å². The average Bonchev–Trinajstić information content (AvgIpc) is 3.28. The molecule has 3 aromatic rings. The summed E-state index contributed by atoms with van der Waals surface area (Å²) in [6.45, 7) is 12.0. The van der Waals surface area contributed by atoms with E-state index in [1.165, 1.54) is 16.4 Å². The molecule has 0 saturated carbocycles. The zero-order valence-corrected chi connectivity index (χ0v) is 26.1. The number of likely N-dealkylation sites (tertiary alicyclic amines) is 1. The molecule has 4 rings (SSSR count). The van der Waals surface area contributed by atoms with Gasteiger partial charge in [0, 0.05) is 26.3 Å². The molecule has 1 atom stereocenters. The minimum atomic E-state index is -3.65. The van der Waals surface area contributed by atoms with Crippen molar-refractivity contribution >= 4 is 44.6 Å². The van der Waals surface area contributed by atoms with Gasteiger partial charge < -0.3 is 25.4 Å². The molecule has 2 aromatic heterocycles. The number of sulfone groups is 1. The molecule has 0 aliphatic carbocycles. The van der Waals surface area contributed by atoms with Crippen LogP contribution in [0.25, 0.3) is 0 Å². The van der Waals surface area contributed by atoms with Crippen LogP contribution in [0.15, 0.2) is 29.6 Å². The number of rotatable bonds is 11. The minimum absolute atomic E-state index is 0.0568. The Morgan fingerprint density at radius 2 is 1.95 bits per heavy atom. The van der Waals surface area contributed by atoms with Gasteiger partial charge in [-0.2, -0.15) is 10.1 Å². The Morgan fingerprint density at radius 1 is 1.20 bits per heavy atom. The predicted octanol–water partition coefficient (Wildman–Crippen LogP) is 4.80. The van der Waals surface area contributed by atoms with E-state index in [1.807, 2.05) is 19.9 Å². The quantitative estimate of drug-likeness (QED) is 0.280. The summed E-state index contributed by atoms with van der Waals surface area (Å²) in [5.41, 5.74) is 3.33. The van der Waals surface area contributed by atoms with Crippen LogP contribution in [0.5, 0.6) is 5.75 Å². The number of aromatic nitrogens is 4. The topological polar surface area (TPSA) is 134 Å².